The maximum Gasteiger partial charge on any atom is 0.305 e. The standard InChI is InChI=1S/C22H36O3/c1-3-4-5-6-9-12-15-19-18-20(19)21(23)16-13-10-7-8-11-14-17-22(24)25-2/h7-9,12-13,16,19-21,23H,3-6,10-11,14-15,17-18H2,1-2H3/b8-7-,12-9-,16-13-/t19-,20-,21+/m1/s1. The maximum atomic E-state index is 11.0. The van der Waals surface area contributed by atoms with Crippen LogP contribution in [0.5, 0.6) is 0 Å². The molecule has 0 heterocycles. The number of aliphatic hydroxyl groups excluding tert-OH is 1. The van der Waals surface area contributed by atoms with Crippen molar-refractivity contribution in [3.8, 4) is 0 Å². The molecule has 0 bridgehead atoms. The molecular formula is C22H36O3. The van der Waals surface area contributed by atoms with Gasteiger partial charge in [-0.15, -0.1) is 0 Å². The number of allylic oxidation sites excluding steroid dienone is 5. The summed E-state index contributed by atoms with van der Waals surface area (Å²) in [6.07, 6.45) is 22.8. The Hall–Kier alpha value is -1.35. The van der Waals surface area contributed by atoms with E-state index in [4.69, 9.17) is 0 Å². The van der Waals surface area contributed by atoms with Crippen LogP contribution in [0, 0.1) is 11.8 Å². The van der Waals surface area contributed by atoms with Gasteiger partial charge in [-0.1, -0.05) is 56.2 Å². The Morgan fingerprint density at radius 3 is 2.64 bits per heavy atom. The largest absolute Gasteiger partial charge is 0.469 e. The van der Waals surface area contributed by atoms with Crippen LogP contribution in [-0.2, 0) is 9.53 Å². The topological polar surface area (TPSA) is 46.5 Å². The Morgan fingerprint density at radius 2 is 1.88 bits per heavy atom. The first-order valence-electron chi connectivity index (χ1n) is 9.90. The van der Waals surface area contributed by atoms with Crippen LogP contribution in [0.25, 0.3) is 0 Å². The molecule has 1 rings (SSSR count). The summed E-state index contributed by atoms with van der Waals surface area (Å²) in [6.45, 7) is 2.23. The van der Waals surface area contributed by atoms with Crippen LogP contribution in [0.2, 0.25) is 0 Å². The van der Waals surface area contributed by atoms with Gasteiger partial charge in [0.15, 0.2) is 0 Å². The van der Waals surface area contributed by atoms with Crippen molar-refractivity contribution in [2.75, 3.05) is 7.11 Å². The summed E-state index contributed by atoms with van der Waals surface area (Å²) in [7, 11) is 1.42. The van der Waals surface area contributed by atoms with Gasteiger partial charge in [0.25, 0.3) is 0 Å². The first-order chi connectivity index (χ1) is 12.2. The highest BCUT2D eigenvalue weighted by atomic mass is 16.5. The summed E-state index contributed by atoms with van der Waals surface area (Å²) in [4.78, 5) is 11.0. The first-order valence-corrected chi connectivity index (χ1v) is 9.90. The molecule has 0 aromatic heterocycles. The molecule has 1 fully saturated rings. The van der Waals surface area contributed by atoms with Crippen LogP contribution in [0.1, 0.15) is 71.1 Å². The van der Waals surface area contributed by atoms with Gasteiger partial charge in [0.2, 0.25) is 0 Å². The third-order valence-corrected chi connectivity index (χ3v) is 4.75. The van der Waals surface area contributed by atoms with E-state index < -0.39 is 0 Å². The van der Waals surface area contributed by atoms with Gasteiger partial charge in [0.1, 0.15) is 0 Å². The van der Waals surface area contributed by atoms with Gasteiger partial charge < -0.3 is 9.84 Å². The monoisotopic (exact) mass is 348 g/mol. The maximum absolute atomic E-state index is 11.0. The number of carbonyl (C=O) groups is 1. The molecule has 0 amide bonds. The number of ether oxygens (including phenoxy) is 1. The second-order valence-electron chi connectivity index (χ2n) is 6.96. The smallest absolute Gasteiger partial charge is 0.305 e. The molecule has 3 atom stereocenters. The van der Waals surface area contributed by atoms with Gasteiger partial charge >= 0.3 is 5.97 Å². The molecule has 1 aliphatic rings. The van der Waals surface area contributed by atoms with Gasteiger partial charge in [0.05, 0.1) is 13.2 Å². The molecule has 0 spiro atoms. The molecule has 0 radical (unpaired) electrons. The Bertz CT molecular complexity index is 437. The van der Waals surface area contributed by atoms with E-state index in [1.165, 1.54) is 32.8 Å². The van der Waals surface area contributed by atoms with Gasteiger partial charge in [-0.05, 0) is 56.8 Å². The van der Waals surface area contributed by atoms with E-state index in [9.17, 15) is 9.90 Å². The highest BCUT2D eigenvalue weighted by Gasteiger charge is 2.40. The Labute approximate surface area is 153 Å². The van der Waals surface area contributed by atoms with Crippen molar-refractivity contribution in [3.05, 3.63) is 36.5 Å². The average molecular weight is 349 g/mol. The molecule has 142 valence electrons. The fraction of sp³-hybridized carbons (Fsp3) is 0.682. The second kappa shape index (κ2) is 13.9. The average Bonchev–Trinajstić information content (AvgIpc) is 3.39. The van der Waals surface area contributed by atoms with Gasteiger partial charge in [-0.25, -0.2) is 0 Å². The van der Waals surface area contributed by atoms with E-state index in [1.807, 2.05) is 12.2 Å². The molecule has 25 heavy (non-hydrogen) atoms. The fourth-order valence-corrected chi connectivity index (χ4v) is 2.98. The number of hydrogen-bond acceptors (Lipinski definition) is 3. The van der Waals surface area contributed by atoms with Crippen molar-refractivity contribution < 1.29 is 14.6 Å². The minimum atomic E-state index is -0.300. The van der Waals surface area contributed by atoms with Crippen LogP contribution in [0.4, 0.5) is 0 Å². The number of methoxy groups -OCH3 is 1. The molecule has 0 saturated heterocycles. The van der Waals surface area contributed by atoms with E-state index in [1.54, 1.807) is 0 Å². The van der Waals surface area contributed by atoms with Crippen molar-refractivity contribution in [1.82, 2.24) is 0 Å². The molecular weight excluding hydrogens is 312 g/mol. The number of esters is 1. The number of unbranched alkanes of at least 4 members (excludes halogenated alkanes) is 4. The van der Waals surface area contributed by atoms with Crippen LogP contribution in [0.3, 0.4) is 0 Å². The summed E-state index contributed by atoms with van der Waals surface area (Å²) in [6, 6.07) is 0. The summed E-state index contributed by atoms with van der Waals surface area (Å²) in [5, 5.41) is 10.2. The number of rotatable bonds is 14. The molecule has 0 aromatic rings. The van der Waals surface area contributed by atoms with Crippen LogP contribution >= 0.6 is 0 Å². The Morgan fingerprint density at radius 1 is 1.12 bits per heavy atom. The number of carbonyl (C=O) groups excluding carboxylic acids is 1. The molecule has 1 aliphatic carbocycles. The number of aliphatic hydroxyl groups is 1. The summed E-state index contributed by atoms with van der Waals surface area (Å²) >= 11 is 0. The Kier molecular flexibility index (Phi) is 12.0. The molecule has 3 heteroatoms. The molecule has 0 aromatic carbocycles. The van der Waals surface area contributed by atoms with Gasteiger partial charge in [-0.3, -0.25) is 4.79 Å². The van der Waals surface area contributed by atoms with Crippen LogP contribution in [-0.4, -0.2) is 24.3 Å². The quantitative estimate of drug-likeness (QED) is 0.261. The highest BCUT2D eigenvalue weighted by molar-refractivity contribution is 5.69. The molecule has 0 aliphatic heterocycles. The van der Waals surface area contributed by atoms with E-state index in [0.29, 0.717) is 18.3 Å². The van der Waals surface area contributed by atoms with Crippen molar-refractivity contribution in [2.45, 2.75) is 77.2 Å². The minimum absolute atomic E-state index is 0.147. The van der Waals surface area contributed by atoms with Gasteiger partial charge in [0, 0.05) is 6.42 Å². The lowest BCUT2D eigenvalue weighted by atomic mass is 10.1. The Balaban J connectivity index is 2.04. The summed E-state index contributed by atoms with van der Waals surface area (Å²) in [5.41, 5.74) is 0. The van der Waals surface area contributed by atoms with E-state index in [0.717, 1.165) is 32.1 Å². The molecule has 0 unspecified atom stereocenters. The molecule has 3 nitrogen and oxygen atoms in total. The predicted molar refractivity (Wildman–Crippen MR) is 104 cm³/mol. The van der Waals surface area contributed by atoms with E-state index >= 15 is 0 Å². The third kappa shape index (κ3) is 11.0. The molecule has 1 N–H and O–H groups in total. The minimum Gasteiger partial charge on any atom is -0.469 e. The SMILES string of the molecule is CCCCC/C=C\C[C@@H]1C[C@H]1[C@@H](O)/C=C\C/C=C\CCCC(=O)OC. The second-order valence-corrected chi connectivity index (χ2v) is 6.96. The lowest BCUT2D eigenvalue weighted by molar-refractivity contribution is -0.140. The molecule has 1 saturated carbocycles. The predicted octanol–water partition coefficient (Wildman–Crippen LogP) is 5.36. The van der Waals surface area contributed by atoms with Crippen molar-refractivity contribution in [2.24, 2.45) is 11.8 Å². The van der Waals surface area contributed by atoms with Crippen LogP contribution < -0.4 is 0 Å². The highest BCUT2D eigenvalue weighted by Crippen LogP contribution is 2.44. The van der Waals surface area contributed by atoms with E-state index in [2.05, 4.69) is 36.0 Å². The van der Waals surface area contributed by atoms with Crippen LogP contribution in [0.15, 0.2) is 36.5 Å². The first kappa shape index (κ1) is 21.7. The third-order valence-electron chi connectivity index (χ3n) is 4.75. The fourth-order valence-electron chi connectivity index (χ4n) is 2.98. The van der Waals surface area contributed by atoms with Crippen molar-refractivity contribution >= 4 is 5.97 Å². The van der Waals surface area contributed by atoms with Crippen molar-refractivity contribution in [1.29, 1.82) is 0 Å². The van der Waals surface area contributed by atoms with Crippen molar-refractivity contribution in [3.63, 3.8) is 0 Å². The summed E-state index contributed by atoms with van der Waals surface area (Å²) in [5.74, 6) is 0.961. The van der Waals surface area contributed by atoms with Gasteiger partial charge in [-0.2, -0.15) is 0 Å². The normalized spacial score (nSPS) is 21.4. The zero-order chi connectivity index (χ0) is 18.3. The lowest BCUT2D eigenvalue weighted by Crippen LogP contribution is -2.06. The summed E-state index contributed by atoms with van der Waals surface area (Å²) < 4.78 is 4.60. The number of hydrogen-bond donors (Lipinski definition) is 1. The van der Waals surface area contributed by atoms with E-state index in [-0.39, 0.29) is 12.1 Å². The zero-order valence-electron chi connectivity index (χ0n) is 16.0. The lowest BCUT2D eigenvalue weighted by Gasteiger charge is -2.03. The zero-order valence-corrected chi connectivity index (χ0v) is 16.0.